The number of nitrogens with zero attached hydrogens (tertiary/aromatic N) is 3. The van der Waals surface area contributed by atoms with Gasteiger partial charge in [-0.1, -0.05) is 29.8 Å². The van der Waals surface area contributed by atoms with Crippen LogP contribution in [0, 0.1) is 24.1 Å². The Morgan fingerprint density at radius 1 is 1.26 bits per heavy atom. The highest BCUT2D eigenvalue weighted by Gasteiger charge is 2.36. The van der Waals surface area contributed by atoms with Gasteiger partial charge in [-0.2, -0.15) is 10.4 Å². The zero-order valence-corrected chi connectivity index (χ0v) is 15.0. The lowest BCUT2D eigenvalue weighted by Gasteiger charge is -2.24. The molecule has 2 N–H and O–H groups in total. The number of benzene rings is 2. The van der Waals surface area contributed by atoms with Gasteiger partial charge >= 0.3 is 0 Å². The van der Waals surface area contributed by atoms with Crippen LogP contribution in [0.15, 0.2) is 60.0 Å². The lowest BCUT2D eigenvalue weighted by Crippen LogP contribution is -2.22. The standard InChI is InChI=1S/C20H14ClFN4O/c1-11-17-18(12-5-7-14(22)8-6-12)16(10-23)19(24)27-20(17)26(25-11)15-4-2-3-13(21)9-15/h2-9,18H,24H2,1H3/t18-/m1/s1. The molecule has 1 aliphatic rings. The first kappa shape index (κ1) is 17.1. The van der Waals surface area contributed by atoms with E-state index in [2.05, 4.69) is 11.2 Å². The maximum atomic E-state index is 13.4. The fourth-order valence-corrected chi connectivity index (χ4v) is 3.47. The molecule has 27 heavy (non-hydrogen) atoms. The summed E-state index contributed by atoms with van der Waals surface area (Å²) >= 11 is 6.10. The minimum Gasteiger partial charge on any atom is -0.422 e. The van der Waals surface area contributed by atoms with Crippen molar-refractivity contribution in [3.8, 4) is 17.6 Å². The Kier molecular flexibility index (Phi) is 4.09. The Labute approximate surface area is 160 Å². The van der Waals surface area contributed by atoms with Gasteiger partial charge in [0.1, 0.15) is 17.5 Å². The Bertz CT molecular complexity index is 1110. The summed E-state index contributed by atoms with van der Waals surface area (Å²) < 4.78 is 20.8. The fourth-order valence-electron chi connectivity index (χ4n) is 3.29. The van der Waals surface area contributed by atoms with E-state index in [4.69, 9.17) is 22.1 Å². The lowest BCUT2D eigenvalue weighted by atomic mass is 9.84. The molecule has 4 rings (SSSR count). The maximum Gasteiger partial charge on any atom is 0.229 e. The maximum absolute atomic E-state index is 13.4. The van der Waals surface area contributed by atoms with Crippen LogP contribution in [-0.2, 0) is 0 Å². The minimum atomic E-state index is -0.493. The highest BCUT2D eigenvalue weighted by atomic mass is 35.5. The third kappa shape index (κ3) is 2.82. The summed E-state index contributed by atoms with van der Waals surface area (Å²) in [6.07, 6.45) is 0. The highest BCUT2D eigenvalue weighted by molar-refractivity contribution is 6.30. The molecule has 1 aromatic heterocycles. The predicted octanol–water partition coefficient (Wildman–Crippen LogP) is 4.19. The normalized spacial score (nSPS) is 15.9. The third-order valence-corrected chi connectivity index (χ3v) is 4.72. The Hall–Kier alpha value is -3.30. The van der Waals surface area contributed by atoms with Crippen LogP contribution < -0.4 is 10.5 Å². The van der Waals surface area contributed by atoms with Crippen molar-refractivity contribution in [1.29, 1.82) is 5.26 Å². The van der Waals surface area contributed by atoms with Gasteiger partial charge in [0, 0.05) is 5.02 Å². The molecule has 0 unspecified atom stereocenters. The van der Waals surface area contributed by atoms with Crippen molar-refractivity contribution in [2.45, 2.75) is 12.8 Å². The Morgan fingerprint density at radius 3 is 2.67 bits per heavy atom. The molecule has 0 saturated heterocycles. The van der Waals surface area contributed by atoms with Crippen molar-refractivity contribution in [3.05, 3.63) is 87.6 Å². The van der Waals surface area contributed by atoms with Crippen LogP contribution in [-0.4, -0.2) is 9.78 Å². The summed E-state index contributed by atoms with van der Waals surface area (Å²) in [5.41, 5.74) is 9.14. The van der Waals surface area contributed by atoms with Crippen molar-refractivity contribution >= 4 is 11.6 Å². The summed E-state index contributed by atoms with van der Waals surface area (Å²) in [5.74, 6) is -0.428. The van der Waals surface area contributed by atoms with Crippen LogP contribution >= 0.6 is 11.6 Å². The van der Waals surface area contributed by atoms with Crippen LogP contribution in [0.2, 0.25) is 5.02 Å². The minimum absolute atomic E-state index is 0.00232. The van der Waals surface area contributed by atoms with Crippen molar-refractivity contribution in [2.24, 2.45) is 5.73 Å². The quantitative estimate of drug-likeness (QED) is 0.723. The SMILES string of the molecule is Cc1nn(-c2cccc(Cl)c2)c2c1[C@H](c1ccc(F)cc1)C(C#N)=C(N)O2. The van der Waals surface area contributed by atoms with Gasteiger partial charge in [-0.05, 0) is 42.8 Å². The summed E-state index contributed by atoms with van der Waals surface area (Å²) in [5, 5.41) is 14.8. The topological polar surface area (TPSA) is 76.9 Å². The number of nitrogens with two attached hydrogens (primary N) is 1. The molecule has 2 heterocycles. The number of allylic oxidation sites excluding steroid dienone is 1. The predicted molar refractivity (Wildman–Crippen MR) is 99.0 cm³/mol. The molecule has 134 valence electrons. The average Bonchev–Trinajstić information content (AvgIpc) is 2.97. The Balaban J connectivity index is 1.95. The number of nitriles is 1. The van der Waals surface area contributed by atoms with Gasteiger partial charge in [0.2, 0.25) is 11.8 Å². The first-order valence-electron chi connectivity index (χ1n) is 8.18. The fraction of sp³-hybridized carbons (Fsp3) is 0.100. The molecule has 0 spiro atoms. The van der Waals surface area contributed by atoms with Crippen LogP contribution in [0.3, 0.4) is 0 Å². The first-order valence-corrected chi connectivity index (χ1v) is 8.56. The van der Waals surface area contributed by atoms with E-state index < -0.39 is 5.92 Å². The van der Waals surface area contributed by atoms with Crippen molar-refractivity contribution < 1.29 is 9.13 Å². The molecule has 0 saturated carbocycles. The van der Waals surface area contributed by atoms with E-state index in [9.17, 15) is 9.65 Å². The van der Waals surface area contributed by atoms with Crippen LogP contribution in [0.5, 0.6) is 5.88 Å². The van der Waals surface area contributed by atoms with E-state index in [0.29, 0.717) is 27.8 Å². The van der Waals surface area contributed by atoms with E-state index in [1.165, 1.54) is 12.1 Å². The summed E-state index contributed by atoms with van der Waals surface area (Å²) in [4.78, 5) is 0. The number of aromatic nitrogens is 2. The molecule has 1 atom stereocenters. The molecule has 0 bridgehead atoms. The number of aryl methyl sites for hydroxylation is 1. The number of fused-ring (bicyclic) bond motifs is 1. The molecule has 7 heteroatoms. The monoisotopic (exact) mass is 380 g/mol. The molecule has 0 aliphatic carbocycles. The number of hydrogen-bond donors (Lipinski definition) is 1. The number of halogens is 2. The first-order chi connectivity index (χ1) is 13.0. The second-order valence-corrected chi connectivity index (χ2v) is 6.61. The van der Waals surface area contributed by atoms with Crippen LogP contribution in [0.1, 0.15) is 22.7 Å². The van der Waals surface area contributed by atoms with Gasteiger partial charge in [-0.15, -0.1) is 0 Å². The lowest BCUT2D eigenvalue weighted by molar-refractivity contribution is 0.367. The molecular formula is C20H14ClFN4O. The molecule has 0 amide bonds. The van der Waals surface area contributed by atoms with Gasteiger partial charge in [0.25, 0.3) is 0 Å². The summed E-state index contributed by atoms with van der Waals surface area (Å²) in [6.45, 7) is 1.83. The van der Waals surface area contributed by atoms with E-state index in [1.54, 1.807) is 35.0 Å². The highest BCUT2D eigenvalue weighted by Crippen LogP contribution is 2.44. The van der Waals surface area contributed by atoms with Gasteiger partial charge < -0.3 is 10.5 Å². The van der Waals surface area contributed by atoms with E-state index in [1.807, 2.05) is 13.0 Å². The summed E-state index contributed by atoms with van der Waals surface area (Å²) in [7, 11) is 0. The Morgan fingerprint density at radius 2 is 2.00 bits per heavy atom. The molecule has 3 aromatic rings. The molecule has 5 nitrogen and oxygen atoms in total. The van der Waals surface area contributed by atoms with Crippen molar-refractivity contribution in [2.75, 3.05) is 0 Å². The second kappa shape index (κ2) is 6.45. The molecular weight excluding hydrogens is 367 g/mol. The smallest absolute Gasteiger partial charge is 0.229 e. The molecule has 0 fully saturated rings. The van der Waals surface area contributed by atoms with E-state index in [-0.39, 0.29) is 17.3 Å². The third-order valence-electron chi connectivity index (χ3n) is 4.49. The number of rotatable bonds is 2. The summed E-state index contributed by atoms with van der Waals surface area (Å²) in [6, 6.07) is 15.3. The van der Waals surface area contributed by atoms with Crippen molar-refractivity contribution in [3.63, 3.8) is 0 Å². The van der Waals surface area contributed by atoms with Gasteiger partial charge in [0.15, 0.2) is 0 Å². The number of hydrogen-bond acceptors (Lipinski definition) is 4. The van der Waals surface area contributed by atoms with Crippen LogP contribution in [0.25, 0.3) is 5.69 Å². The molecule has 0 radical (unpaired) electrons. The van der Waals surface area contributed by atoms with Gasteiger partial charge in [-0.25, -0.2) is 9.07 Å². The van der Waals surface area contributed by atoms with E-state index >= 15 is 0 Å². The van der Waals surface area contributed by atoms with E-state index in [0.717, 1.165) is 5.56 Å². The molecule has 2 aromatic carbocycles. The molecule has 1 aliphatic heterocycles. The van der Waals surface area contributed by atoms with Gasteiger partial charge in [-0.3, -0.25) is 0 Å². The average molecular weight is 381 g/mol. The largest absolute Gasteiger partial charge is 0.422 e. The second-order valence-electron chi connectivity index (χ2n) is 6.17. The van der Waals surface area contributed by atoms with Crippen LogP contribution in [0.4, 0.5) is 4.39 Å². The van der Waals surface area contributed by atoms with Gasteiger partial charge in [0.05, 0.1) is 22.9 Å². The van der Waals surface area contributed by atoms with Crippen molar-refractivity contribution in [1.82, 2.24) is 9.78 Å². The number of ether oxygens (including phenoxy) is 1. The zero-order chi connectivity index (χ0) is 19.1. The zero-order valence-electron chi connectivity index (χ0n) is 14.3.